The third kappa shape index (κ3) is 4.76. The van der Waals surface area contributed by atoms with Crippen LogP contribution in [0.25, 0.3) is 5.13 Å². The summed E-state index contributed by atoms with van der Waals surface area (Å²) in [5.74, 6) is -0.0447. The van der Waals surface area contributed by atoms with E-state index in [4.69, 9.17) is 12.2 Å². The van der Waals surface area contributed by atoms with Gasteiger partial charge >= 0.3 is 0 Å². The number of amides is 1. The summed E-state index contributed by atoms with van der Waals surface area (Å²) in [6, 6.07) is 15.7. The smallest absolute Gasteiger partial charge is 0.226 e. The number of aryl methyl sites for hydroxylation is 2. The Kier molecular flexibility index (Phi) is 6.84. The van der Waals surface area contributed by atoms with Crippen LogP contribution < -0.4 is 10.6 Å². The zero-order valence-electron chi connectivity index (χ0n) is 20.4. The van der Waals surface area contributed by atoms with Crippen LogP contribution in [-0.2, 0) is 4.79 Å². The second-order valence-electron chi connectivity index (χ2n) is 8.96. The highest BCUT2D eigenvalue weighted by Crippen LogP contribution is 2.41. The van der Waals surface area contributed by atoms with Crippen molar-refractivity contribution < 1.29 is 4.79 Å². The van der Waals surface area contributed by atoms with E-state index >= 15 is 0 Å². The fraction of sp³-hybridized carbons (Fsp3) is 0.259. The predicted molar refractivity (Wildman–Crippen MR) is 147 cm³/mol. The van der Waals surface area contributed by atoms with Crippen LogP contribution in [0.1, 0.15) is 46.7 Å². The van der Waals surface area contributed by atoms with Gasteiger partial charge in [-0.05, 0) is 74.4 Å². The van der Waals surface area contributed by atoms with Crippen LogP contribution >= 0.6 is 23.6 Å². The fourth-order valence-electron chi connectivity index (χ4n) is 4.86. The fourth-order valence-corrected chi connectivity index (χ4v) is 5.94. The van der Waals surface area contributed by atoms with E-state index in [9.17, 15) is 4.79 Å². The van der Waals surface area contributed by atoms with Gasteiger partial charge in [-0.1, -0.05) is 18.2 Å². The zero-order chi connectivity index (χ0) is 25.2. The SMILES string of the molecule is Cc1cccc(NC(=O)CCN2C(=S)N[C@@H](c3ccccn3)[C@@H]2c2cc(C)n(-c3nccs3)c2C)c1. The molecule has 2 atom stereocenters. The summed E-state index contributed by atoms with van der Waals surface area (Å²) >= 11 is 7.40. The number of benzene rings is 1. The molecule has 7 nitrogen and oxygen atoms in total. The lowest BCUT2D eigenvalue weighted by Gasteiger charge is -2.28. The van der Waals surface area contributed by atoms with Crippen molar-refractivity contribution in [3.05, 3.63) is 94.5 Å². The lowest BCUT2D eigenvalue weighted by molar-refractivity contribution is -0.116. The van der Waals surface area contributed by atoms with Gasteiger partial charge in [0.1, 0.15) is 0 Å². The molecule has 1 saturated heterocycles. The first-order chi connectivity index (χ1) is 17.4. The van der Waals surface area contributed by atoms with E-state index in [1.165, 1.54) is 0 Å². The monoisotopic (exact) mass is 516 g/mol. The number of thiocarbonyl (C=S) groups is 1. The van der Waals surface area contributed by atoms with E-state index in [1.54, 1.807) is 17.5 Å². The van der Waals surface area contributed by atoms with Gasteiger partial charge in [0.15, 0.2) is 10.2 Å². The molecule has 3 aromatic heterocycles. The van der Waals surface area contributed by atoms with Crippen molar-refractivity contribution in [3.8, 4) is 5.13 Å². The maximum Gasteiger partial charge on any atom is 0.226 e. The topological polar surface area (TPSA) is 75.1 Å². The Balaban J connectivity index is 1.45. The van der Waals surface area contributed by atoms with Gasteiger partial charge < -0.3 is 15.5 Å². The zero-order valence-corrected chi connectivity index (χ0v) is 22.1. The molecule has 1 aliphatic rings. The molecule has 0 aliphatic carbocycles. The average Bonchev–Trinajstić information content (AvgIpc) is 3.56. The number of aromatic nitrogens is 3. The van der Waals surface area contributed by atoms with E-state index in [0.29, 0.717) is 18.1 Å². The molecular weight excluding hydrogens is 488 g/mol. The number of anilines is 1. The number of hydrogen-bond acceptors (Lipinski definition) is 5. The molecule has 0 spiro atoms. The predicted octanol–water partition coefficient (Wildman–Crippen LogP) is 5.26. The Labute approximate surface area is 220 Å². The van der Waals surface area contributed by atoms with Gasteiger partial charge in [0.05, 0.1) is 17.8 Å². The van der Waals surface area contributed by atoms with Crippen molar-refractivity contribution in [2.45, 2.75) is 39.3 Å². The Bertz CT molecular complexity index is 1380. The third-order valence-electron chi connectivity index (χ3n) is 6.48. The van der Waals surface area contributed by atoms with Gasteiger partial charge in [-0.3, -0.25) is 14.3 Å². The van der Waals surface area contributed by atoms with Crippen LogP contribution in [0.3, 0.4) is 0 Å². The molecule has 1 amide bonds. The molecule has 1 aromatic carbocycles. The molecular formula is C27H28N6OS2. The van der Waals surface area contributed by atoms with Crippen LogP contribution in [0.2, 0.25) is 0 Å². The molecule has 4 heterocycles. The Morgan fingerprint density at radius 2 is 1.97 bits per heavy atom. The van der Waals surface area contributed by atoms with Crippen molar-refractivity contribution in [3.63, 3.8) is 0 Å². The summed E-state index contributed by atoms with van der Waals surface area (Å²) in [5.41, 5.74) is 6.17. The number of pyridine rings is 1. The van der Waals surface area contributed by atoms with Gasteiger partial charge in [-0.2, -0.15) is 0 Å². The summed E-state index contributed by atoms with van der Waals surface area (Å²) < 4.78 is 2.18. The molecule has 4 aromatic rings. The molecule has 0 bridgehead atoms. The highest BCUT2D eigenvalue weighted by atomic mass is 32.1. The second kappa shape index (κ2) is 10.2. The first-order valence-electron chi connectivity index (χ1n) is 11.9. The molecule has 9 heteroatoms. The molecule has 0 saturated carbocycles. The highest BCUT2D eigenvalue weighted by Gasteiger charge is 2.41. The Morgan fingerprint density at radius 1 is 1.11 bits per heavy atom. The minimum atomic E-state index is -0.135. The Morgan fingerprint density at radius 3 is 2.69 bits per heavy atom. The van der Waals surface area contributed by atoms with Crippen molar-refractivity contribution in [2.24, 2.45) is 0 Å². The van der Waals surface area contributed by atoms with Gasteiger partial charge in [0, 0.05) is 47.8 Å². The largest absolute Gasteiger partial charge is 0.352 e. The number of carbonyl (C=O) groups is 1. The first kappa shape index (κ1) is 24.1. The van der Waals surface area contributed by atoms with Gasteiger partial charge in [-0.15, -0.1) is 11.3 Å². The number of carbonyl (C=O) groups excluding carboxylic acids is 1. The molecule has 0 unspecified atom stereocenters. The number of nitrogens with zero attached hydrogens (tertiary/aromatic N) is 4. The van der Waals surface area contributed by atoms with Crippen LogP contribution in [0.15, 0.2) is 66.3 Å². The standard InChI is InChI=1S/C27H28N6OS2/c1-17-7-6-8-20(15-17)30-23(34)10-13-32-25(24(31-26(32)35)22-9-4-5-11-28-22)21-16-18(2)33(19(21)3)27-29-12-14-36-27/h4-9,11-12,14-16,24-25H,10,13H2,1-3H3,(H,30,34)(H,31,35)/t24-,25-/m0/s1. The molecule has 1 fully saturated rings. The van der Waals surface area contributed by atoms with Gasteiger partial charge in [-0.25, -0.2) is 4.98 Å². The van der Waals surface area contributed by atoms with Crippen LogP contribution in [0.4, 0.5) is 5.69 Å². The third-order valence-corrected chi connectivity index (χ3v) is 7.59. The van der Waals surface area contributed by atoms with E-state index < -0.39 is 0 Å². The summed E-state index contributed by atoms with van der Waals surface area (Å²) in [7, 11) is 0. The number of hydrogen-bond donors (Lipinski definition) is 2. The van der Waals surface area contributed by atoms with E-state index in [0.717, 1.165) is 39.0 Å². The summed E-state index contributed by atoms with van der Waals surface area (Å²) in [5, 5.41) is 10.0. The molecule has 5 rings (SSSR count). The Hall–Kier alpha value is -3.56. The normalized spacial score (nSPS) is 17.3. The van der Waals surface area contributed by atoms with Gasteiger partial charge in [0.2, 0.25) is 5.91 Å². The molecule has 184 valence electrons. The van der Waals surface area contributed by atoms with Crippen LogP contribution in [-0.4, -0.2) is 37.0 Å². The summed E-state index contributed by atoms with van der Waals surface area (Å²) in [4.78, 5) is 24.1. The molecule has 2 N–H and O–H groups in total. The average molecular weight is 517 g/mol. The second-order valence-corrected chi connectivity index (χ2v) is 10.2. The maximum atomic E-state index is 12.8. The number of thiazole rings is 1. The van der Waals surface area contributed by atoms with Crippen molar-refractivity contribution in [1.82, 2.24) is 24.8 Å². The summed E-state index contributed by atoms with van der Waals surface area (Å²) in [6.07, 6.45) is 3.93. The van der Waals surface area contributed by atoms with Crippen molar-refractivity contribution in [2.75, 3.05) is 11.9 Å². The van der Waals surface area contributed by atoms with Gasteiger partial charge in [0.25, 0.3) is 0 Å². The van der Waals surface area contributed by atoms with Crippen LogP contribution in [0, 0.1) is 20.8 Å². The summed E-state index contributed by atoms with van der Waals surface area (Å²) in [6.45, 7) is 6.70. The van der Waals surface area contributed by atoms with E-state index in [-0.39, 0.29) is 18.0 Å². The van der Waals surface area contributed by atoms with Crippen molar-refractivity contribution >= 4 is 40.3 Å². The lowest BCUT2D eigenvalue weighted by Crippen LogP contribution is -2.32. The van der Waals surface area contributed by atoms with Crippen molar-refractivity contribution in [1.29, 1.82) is 0 Å². The molecule has 36 heavy (non-hydrogen) atoms. The molecule has 0 radical (unpaired) electrons. The van der Waals surface area contributed by atoms with E-state index in [2.05, 4.69) is 50.0 Å². The highest BCUT2D eigenvalue weighted by molar-refractivity contribution is 7.80. The van der Waals surface area contributed by atoms with E-state index in [1.807, 2.05) is 61.0 Å². The molecule has 1 aliphatic heterocycles. The quantitative estimate of drug-likeness (QED) is 0.327. The minimum Gasteiger partial charge on any atom is -0.352 e. The number of rotatable bonds is 7. The maximum absolute atomic E-state index is 12.8. The number of nitrogens with one attached hydrogen (secondary N) is 2. The first-order valence-corrected chi connectivity index (χ1v) is 13.1. The lowest BCUT2D eigenvalue weighted by atomic mass is 9.96. The van der Waals surface area contributed by atoms with Crippen LogP contribution in [0.5, 0.6) is 0 Å². The minimum absolute atomic E-state index is 0.0447.